The molecular weight excluding hydrogens is 735 g/mol. The zero-order valence-corrected chi connectivity index (χ0v) is 38.5. The van der Waals surface area contributed by atoms with Crippen LogP contribution in [-0.4, -0.2) is 12.8 Å². The maximum absolute atomic E-state index is 2.78. The predicted molar refractivity (Wildman–Crippen MR) is 264 cm³/mol. The molecule has 3 atom stereocenters. The Bertz CT molecular complexity index is 2510. The first kappa shape index (κ1) is 41.1. The predicted octanol–water partition coefficient (Wildman–Crippen LogP) is 14.1. The Morgan fingerprint density at radius 2 is 1.02 bits per heavy atom. The molecule has 2 aliphatic heterocycles. The summed E-state index contributed by atoms with van der Waals surface area (Å²) >= 11 is 0. The average Bonchev–Trinajstić information content (AvgIpc) is 3.25. The second-order valence-electron chi connectivity index (χ2n) is 21.2. The normalized spacial score (nSPS) is 18.8. The number of anilines is 4. The Morgan fingerprint density at radius 3 is 1.57 bits per heavy atom. The SMILES string of the molecule is CC(C)c1ccc(N2C3=CC(C(C)(c4ccccc4)c4ccccc4)CC4C3B(c3cc(C(C)C)ccc32)c2cc(C(C)(C)C)ccc2N4c2ccc(C(C)(C)C)cc2)cc1. The smallest absolute Gasteiger partial charge is 0.225 e. The van der Waals surface area contributed by atoms with Crippen LogP contribution < -0.4 is 20.7 Å². The van der Waals surface area contributed by atoms with Crippen LogP contribution in [0.25, 0.3) is 0 Å². The summed E-state index contributed by atoms with van der Waals surface area (Å²) in [4.78, 5) is 5.46. The number of benzene rings is 6. The van der Waals surface area contributed by atoms with Crippen molar-refractivity contribution in [1.29, 1.82) is 0 Å². The van der Waals surface area contributed by atoms with Crippen LogP contribution in [-0.2, 0) is 16.2 Å². The van der Waals surface area contributed by atoms with Gasteiger partial charge < -0.3 is 9.80 Å². The molecule has 0 amide bonds. The fourth-order valence-corrected chi connectivity index (χ4v) is 10.9. The summed E-state index contributed by atoms with van der Waals surface area (Å²) < 4.78 is 0. The first-order valence-corrected chi connectivity index (χ1v) is 23.0. The molecule has 1 aliphatic carbocycles. The van der Waals surface area contributed by atoms with E-state index in [2.05, 4.69) is 238 Å². The molecule has 0 aromatic heterocycles. The highest BCUT2D eigenvalue weighted by molar-refractivity contribution is 6.90. The molecule has 0 fully saturated rings. The van der Waals surface area contributed by atoms with Gasteiger partial charge in [-0.05, 0) is 116 Å². The minimum absolute atomic E-state index is 0.00997. The Balaban J connectivity index is 1.38. The molecule has 9 rings (SSSR count). The van der Waals surface area contributed by atoms with E-state index >= 15 is 0 Å². The molecular formula is C58H65BN2. The van der Waals surface area contributed by atoms with Gasteiger partial charge in [0.2, 0.25) is 6.71 Å². The van der Waals surface area contributed by atoms with Crippen molar-refractivity contribution in [1.82, 2.24) is 0 Å². The first-order chi connectivity index (χ1) is 29.1. The van der Waals surface area contributed by atoms with Crippen molar-refractivity contribution in [3.63, 3.8) is 0 Å². The van der Waals surface area contributed by atoms with E-state index < -0.39 is 0 Å². The third kappa shape index (κ3) is 7.07. The number of nitrogens with zero attached hydrogens (tertiary/aromatic N) is 2. The lowest BCUT2D eigenvalue weighted by Crippen LogP contribution is -2.65. The van der Waals surface area contributed by atoms with Crippen molar-refractivity contribution in [3.05, 3.63) is 191 Å². The maximum atomic E-state index is 2.78. The third-order valence-electron chi connectivity index (χ3n) is 14.7. The van der Waals surface area contributed by atoms with Crippen molar-refractivity contribution >= 4 is 40.4 Å². The van der Waals surface area contributed by atoms with E-state index in [1.165, 1.54) is 72.8 Å². The van der Waals surface area contributed by atoms with Crippen molar-refractivity contribution in [3.8, 4) is 0 Å². The second-order valence-corrected chi connectivity index (χ2v) is 21.2. The fraction of sp³-hybridized carbons (Fsp3) is 0.345. The lowest BCUT2D eigenvalue weighted by atomic mass is 9.27. The molecule has 0 N–H and O–H groups in total. The van der Waals surface area contributed by atoms with E-state index in [-0.39, 0.29) is 40.7 Å². The summed E-state index contributed by atoms with van der Waals surface area (Å²) in [5, 5.41) is 0. The zero-order chi connectivity index (χ0) is 43.0. The van der Waals surface area contributed by atoms with Crippen molar-refractivity contribution < 1.29 is 0 Å². The van der Waals surface area contributed by atoms with Crippen LogP contribution in [0.5, 0.6) is 0 Å². The number of hydrogen-bond donors (Lipinski definition) is 0. The highest BCUT2D eigenvalue weighted by atomic mass is 15.2. The van der Waals surface area contributed by atoms with Gasteiger partial charge in [-0.25, -0.2) is 0 Å². The summed E-state index contributed by atoms with van der Waals surface area (Å²) in [7, 11) is 0. The molecule has 2 heterocycles. The van der Waals surface area contributed by atoms with Crippen molar-refractivity contribution in [2.75, 3.05) is 9.80 Å². The van der Waals surface area contributed by atoms with Crippen LogP contribution in [0.15, 0.2) is 157 Å². The molecule has 61 heavy (non-hydrogen) atoms. The van der Waals surface area contributed by atoms with Gasteiger partial charge in [-0.1, -0.05) is 191 Å². The van der Waals surface area contributed by atoms with Gasteiger partial charge in [0.15, 0.2) is 0 Å². The van der Waals surface area contributed by atoms with Gasteiger partial charge in [0.25, 0.3) is 0 Å². The van der Waals surface area contributed by atoms with E-state index in [1.807, 2.05) is 0 Å². The second kappa shape index (κ2) is 15.3. The molecule has 6 aromatic carbocycles. The molecule has 0 bridgehead atoms. The van der Waals surface area contributed by atoms with Gasteiger partial charge in [0, 0.05) is 45.7 Å². The highest BCUT2D eigenvalue weighted by Crippen LogP contribution is 2.56. The Morgan fingerprint density at radius 1 is 0.508 bits per heavy atom. The molecule has 0 saturated carbocycles. The van der Waals surface area contributed by atoms with Gasteiger partial charge >= 0.3 is 0 Å². The molecule has 310 valence electrons. The van der Waals surface area contributed by atoms with Crippen LogP contribution in [0.2, 0.25) is 5.82 Å². The van der Waals surface area contributed by atoms with E-state index in [0.717, 1.165) is 6.42 Å². The summed E-state index contributed by atoms with van der Waals surface area (Å²) in [5.74, 6) is 1.28. The number of hydrogen-bond acceptors (Lipinski definition) is 2. The largest absolute Gasteiger partial charge is 0.339 e. The summed E-state index contributed by atoms with van der Waals surface area (Å²) in [6, 6.07) is 56.9. The van der Waals surface area contributed by atoms with Crippen LogP contribution in [0.4, 0.5) is 22.7 Å². The maximum Gasteiger partial charge on any atom is 0.225 e. The Kier molecular flexibility index (Phi) is 10.3. The van der Waals surface area contributed by atoms with Gasteiger partial charge in [-0.2, -0.15) is 0 Å². The third-order valence-corrected chi connectivity index (χ3v) is 14.7. The van der Waals surface area contributed by atoms with Crippen LogP contribution >= 0.6 is 0 Å². The van der Waals surface area contributed by atoms with E-state index in [4.69, 9.17) is 0 Å². The number of rotatable bonds is 7. The quantitative estimate of drug-likeness (QED) is 0.148. The summed E-state index contributed by atoms with van der Waals surface area (Å²) in [5.41, 5.74) is 17.5. The molecule has 3 aliphatic rings. The van der Waals surface area contributed by atoms with E-state index in [9.17, 15) is 0 Å². The average molecular weight is 801 g/mol. The topological polar surface area (TPSA) is 6.48 Å². The molecule has 3 unspecified atom stereocenters. The Labute approximate surface area is 367 Å². The number of allylic oxidation sites excluding steroid dienone is 1. The van der Waals surface area contributed by atoms with Crippen molar-refractivity contribution in [2.24, 2.45) is 5.92 Å². The lowest BCUT2D eigenvalue weighted by molar-refractivity contribution is 0.339. The molecule has 0 radical (unpaired) electrons. The van der Waals surface area contributed by atoms with Gasteiger partial charge in [-0.3, -0.25) is 0 Å². The monoisotopic (exact) mass is 801 g/mol. The van der Waals surface area contributed by atoms with Gasteiger partial charge in [0.05, 0.1) is 0 Å². The van der Waals surface area contributed by atoms with Gasteiger partial charge in [-0.15, -0.1) is 0 Å². The summed E-state index contributed by atoms with van der Waals surface area (Å²) in [6.07, 6.45) is 3.75. The van der Waals surface area contributed by atoms with E-state index in [1.54, 1.807) is 0 Å². The lowest BCUT2D eigenvalue weighted by Gasteiger charge is -2.57. The van der Waals surface area contributed by atoms with Gasteiger partial charge in [0.1, 0.15) is 0 Å². The molecule has 0 saturated heterocycles. The molecule has 3 heteroatoms. The summed E-state index contributed by atoms with van der Waals surface area (Å²) in [6.45, 7) is 26.0. The van der Waals surface area contributed by atoms with Crippen LogP contribution in [0.1, 0.15) is 128 Å². The van der Waals surface area contributed by atoms with E-state index in [0.29, 0.717) is 11.8 Å². The first-order valence-electron chi connectivity index (χ1n) is 23.0. The highest BCUT2D eigenvalue weighted by Gasteiger charge is 2.56. The molecule has 6 aromatic rings. The molecule has 0 spiro atoms. The number of fused-ring (bicyclic) bond motifs is 4. The standard InChI is InChI=1S/C58H65BN2/c1-38(2)40-22-28-47(29-23-40)60-51-32-24-41(39(3)4)34-49(51)59-50-35-45(57(8,9)10)27-33-52(50)61(48-30-25-42(26-31-48)56(5,6)7)54-37-46(36-53(60)55(54)59)58(11,43-18-14-12-15-19-43)44-20-16-13-17-21-44/h12-36,38-39,46,54-55H,37H2,1-11H3. The molecule has 2 nitrogen and oxygen atoms in total. The minimum atomic E-state index is -0.289. The Hall–Kier alpha value is -5.28. The fourth-order valence-electron chi connectivity index (χ4n) is 10.9. The zero-order valence-electron chi connectivity index (χ0n) is 38.5. The van der Waals surface area contributed by atoms with Crippen LogP contribution in [0, 0.1) is 5.92 Å². The van der Waals surface area contributed by atoms with Crippen LogP contribution in [0.3, 0.4) is 0 Å². The minimum Gasteiger partial charge on any atom is -0.339 e. The van der Waals surface area contributed by atoms with Crippen molar-refractivity contribution in [2.45, 2.75) is 123 Å².